The third kappa shape index (κ3) is 2.79. The van der Waals surface area contributed by atoms with Gasteiger partial charge in [-0.1, -0.05) is 26.0 Å². The van der Waals surface area contributed by atoms with E-state index in [0.29, 0.717) is 5.95 Å². The molecule has 1 aromatic heterocycles. The zero-order valence-corrected chi connectivity index (χ0v) is 12.1. The number of H-pyrrole nitrogens is 1. The van der Waals surface area contributed by atoms with Crippen LogP contribution in [-0.4, -0.2) is 15.8 Å². The molecule has 2 N–H and O–H groups in total. The van der Waals surface area contributed by atoms with Gasteiger partial charge in [-0.25, -0.2) is 4.98 Å². The summed E-state index contributed by atoms with van der Waals surface area (Å²) in [6.07, 6.45) is 0. The van der Waals surface area contributed by atoms with Crippen molar-refractivity contribution in [1.82, 2.24) is 9.97 Å². The lowest BCUT2D eigenvalue weighted by molar-refractivity contribution is 0.0939. The van der Waals surface area contributed by atoms with Crippen LogP contribution in [0.3, 0.4) is 0 Å². The molecule has 0 aliphatic heterocycles. The number of aromatic amines is 1. The minimum atomic E-state index is 0.0131. The van der Waals surface area contributed by atoms with Gasteiger partial charge in [-0.05, 0) is 36.4 Å². The van der Waals surface area contributed by atoms with Crippen molar-refractivity contribution in [2.75, 3.05) is 5.32 Å². The fraction of sp³-hybridized carbons (Fsp3) is 0.176. The van der Waals surface area contributed by atoms with Crippen LogP contribution >= 0.6 is 0 Å². The first kappa shape index (κ1) is 13.4. The predicted molar refractivity (Wildman–Crippen MR) is 85.0 cm³/mol. The number of carbonyl (C=O) groups is 1. The standard InChI is InChI=1S/C17H17N3O/c1-11(2)16(21)12-7-9-13(10-8-12)18-17-19-14-5-3-4-6-15(14)20-17/h3-11H,1-2H3,(H2,18,19,20). The van der Waals surface area contributed by atoms with Gasteiger partial charge >= 0.3 is 0 Å². The maximum Gasteiger partial charge on any atom is 0.205 e. The lowest BCUT2D eigenvalue weighted by Crippen LogP contribution is -2.07. The molecule has 0 saturated heterocycles. The highest BCUT2D eigenvalue weighted by Gasteiger charge is 2.10. The Morgan fingerprint density at radius 1 is 1.10 bits per heavy atom. The molecule has 106 valence electrons. The van der Waals surface area contributed by atoms with Crippen molar-refractivity contribution in [3.63, 3.8) is 0 Å². The summed E-state index contributed by atoms with van der Waals surface area (Å²) in [4.78, 5) is 19.6. The van der Waals surface area contributed by atoms with Gasteiger partial charge in [0.05, 0.1) is 11.0 Å². The summed E-state index contributed by atoms with van der Waals surface area (Å²) >= 11 is 0. The molecule has 0 aliphatic carbocycles. The molecule has 3 aromatic rings. The maximum atomic E-state index is 11.9. The Labute approximate surface area is 123 Å². The van der Waals surface area contributed by atoms with E-state index in [1.54, 1.807) is 0 Å². The van der Waals surface area contributed by atoms with Gasteiger partial charge in [0.25, 0.3) is 0 Å². The number of rotatable bonds is 4. The van der Waals surface area contributed by atoms with Gasteiger partial charge in [0, 0.05) is 17.2 Å². The number of benzene rings is 2. The first-order valence-corrected chi connectivity index (χ1v) is 6.99. The van der Waals surface area contributed by atoms with Crippen molar-refractivity contribution < 1.29 is 4.79 Å². The molecule has 0 saturated carbocycles. The number of hydrogen-bond acceptors (Lipinski definition) is 3. The molecule has 21 heavy (non-hydrogen) atoms. The van der Waals surface area contributed by atoms with E-state index in [1.165, 1.54) is 0 Å². The van der Waals surface area contributed by atoms with Crippen LogP contribution in [-0.2, 0) is 0 Å². The summed E-state index contributed by atoms with van der Waals surface area (Å²) in [5.74, 6) is 0.864. The zero-order valence-electron chi connectivity index (χ0n) is 12.1. The monoisotopic (exact) mass is 279 g/mol. The second kappa shape index (κ2) is 5.40. The molecule has 0 aliphatic rings. The van der Waals surface area contributed by atoms with Crippen LogP contribution in [0.5, 0.6) is 0 Å². The number of anilines is 2. The van der Waals surface area contributed by atoms with Crippen LogP contribution in [0, 0.1) is 5.92 Å². The van der Waals surface area contributed by atoms with Crippen LogP contribution in [0.1, 0.15) is 24.2 Å². The fourth-order valence-corrected chi connectivity index (χ4v) is 2.20. The molecule has 0 fully saturated rings. The number of carbonyl (C=O) groups excluding carboxylic acids is 1. The van der Waals surface area contributed by atoms with Crippen LogP contribution in [0.2, 0.25) is 0 Å². The topological polar surface area (TPSA) is 57.8 Å². The fourth-order valence-electron chi connectivity index (χ4n) is 2.20. The SMILES string of the molecule is CC(C)C(=O)c1ccc(Nc2nc3ccccc3[nH]2)cc1. The number of aromatic nitrogens is 2. The Balaban J connectivity index is 1.80. The van der Waals surface area contributed by atoms with Gasteiger partial charge in [0.15, 0.2) is 5.78 Å². The number of nitrogens with one attached hydrogen (secondary N) is 2. The summed E-state index contributed by atoms with van der Waals surface area (Å²) in [5.41, 5.74) is 3.55. The van der Waals surface area contributed by atoms with Crippen molar-refractivity contribution in [2.24, 2.45) is 5.92 Å². The Morgan fingerprint density at radius 2 is 1.81 bits per heavy atom. The zero-order chi connectivity index (χ0) is 14.8. The van der Waals surface area contributed by atoms with E-state index in [1.807, 2.05) is 62.4 Å². The molecule has 0 atom stereocenters. The highest BCUT2D eigenvalue weighted by molar-refractivity contribution is 5.97. The van der Waals surface area contributed by atoms with Crippen molar-refractivity contribution in [3.8, 4) is 0 Å². The number of para-hydroxylation sites is 2. The summed E-state index contributed by atoms with van der Waals surface area (Å²) < 4.78 is 0. The quantitative estimate of drug-likeness (QED) is 0.705. The first-order chi connectivity index (χ1) is 10.1. The Bertz CT molecular complexity index is 739. The second-order valence-electron chi connectivity index (χ2n) is 5.32. The molecule has 4 heteroatoms. The highest BCUT2D eigenvalue weighted by atomic mass is 16.1. The van der Waals surface area contributed by atoms with E-state index >= 15 is 0 Å². The smallest absolute Gasteiger partial charge is 0.205 e. The van der Waals surface area contributed by atoms with Gasteiger partial charge in [-0.15, -0.1) is 0 Å². The Morgan fingerprint density at radius 3 is 2.48 bits per heavy atom. The van der Waals surface area contributed by atoms with Crippen LogP contribution in [0.4, 0.5) is 11.6 Å². The third-order valence-electron chi connectivity index (χ3n) is 3.35. The van der Waals surface area contributed by atoms with E-state index in [9.17, 15) is 4.79 Å². The summed E-state index contributed by atoms with van der Waals surface area (Å²) in [5, 5.41) is 3.21. The van der Waals surface area contributed by atoms with E-state index in [4.69, 9.17) is 0 Å². The van der Waals surface area contributed by atoms with Crippen LogP contribution in [0.15, 0.2) is 48.5 Å². The van der Waals surface area contributed by atoms with E-state index < -0.39 is 0 Å². The van der Waals surface area contributed by atoms with Crippen molar-refractivity contribution in [2.45, 2.75) is 13.8 Å². The van der Waals surface area contributed by atoms with E-state index in [2.05, 4.69) is 15.3 Å². The number of fused-ring (bicyclic) bond motifs is 1. The Kier molecular flexibility index (Phi) is 3.44. The predicted octanol–water partition coefficient (Wildman–Crippen LogP) is 4.15. The highest BCUT2D eigenvalue weighted by Crippen LogP contribution is 2.19. The molecule has 0 unspecified atom stereocenters. The van der Waals surface area contributed by atoms with E-state index in [-0.39, 0.29) is 11.7 Å². The molecule has 0 amide bonds. The molecule has 0 bridgehead atoms. The molecule has 2 aromatic carbocycles. The van der Waals surface area contributed by atoms with Gasteiger partial charge < -0.3 is 10.3 Å². The number of Topliss-reactive ketones (excluding diaryl/α,β-unsaturated/α-hetero) is 1. The average Bonchev–Trinajstić information content (AvgIpc) is 2.89. The lowest BCUT2D eigenvalue weighted by atomic mass is 10.0. The maximum absolute atomic E-state index is 11.9. The van der Waals surface area contributed by atoms with Gasteiger partial charge in [0.1, 0.15) is 0 Å². The number of hydrogen-bond donors (Lipinski definition) is 2. The third-order valence-corrected chi connectivity index (χ3v) is 3.35. The summed E-state index contributed by atoms with van der Waals surface area (Å²) in [6.45, 7) is 3.81. The van der Waals surface area contributed by atoms with Crippen molar-refractivity contribution >= 4 is 28.5 Å². The minimum absolute atomic E-state index is 0.0131. The summed E-state index contributed by atoms with van der Waals surface area (Å²) in [6, 6.07) is 15.3. The molecule has 3 rings (SSSR count). The first-order valence-electron chi connectivity index (χ1n) is 6.99. The molecule has 1 heterocycles. The number of imidazole rings is 1. The van der Waals surface area contributed by atoms with Crippen LogP contribution < -0.4 is 5.32 Å². The largest absolute Gasteiger partial charge is 0.326 e. The lowest BCUT2D eigenvalue weighted by Gasteiger charge is -2.06. The molecule has 0 radical (unpaired) electrons. The van der Waals surface area contributed by atoms with Crippen molar-refractivity contribution in [1.29, 1.82) is 0 Å². The Hall–Kier alpha value is -2.62. The van der Waals surface area contributed by atoms with Gasteiger partial charge in [-0.3, -0.25) is 4.79 Å². The molecule has 0 spiro atoms. The average molecular weight is 279 g/mol. The summed E-state index contributed by atoms with van der Waals surface area (Å²) in [7, 11) is 0. The molecular weight excluding hydrogens is 262 g/mol. The van der Waals surface area contributed by atoms with Crippen LogP contribution in [0.25, 0.3) is 11.0 Å². The molecule has 4 nitrogen and oxygen atoms in total. The molecular formula is C17H17N3O. The van der Waals surface area contributed by atoms with Gasteiger partial charge in [0.2, 0.25) is 5.95 Å². The second-order valence-corrected chi connectivity index (χ2v) is 5.32. The minimum Gasteiger partial charge on any atom is -0.326 e. The number of nitrogens with zero attached hydrogens (tertiary/aromatic N) is 1. The van der Waals surface area contributed by atoms with Gasteiger partial charge in [-0.2, -0.15) is 0 Å². The normalized spacial score (nSPS) is 11.0. The number of ketones is 1. The van der Waals surface area contributed by atoms with E-state index in [0.717, 1.165) is 22.3 Å². The van der Waals surface area contributed by atoms with Crippen molar-refractivity contribution in [3.05, 3.63) is 54.1 Å².